The van der Waals surface area contributed by atoms with Gasteiger partial charge in [0, 0.05) is 36.6 Å². The van der Waals surface area contributed by atoms with Crippen molar-refractivity contribution in [2.24, 2.45) is 7.05 Å². The zero-order chi connectivity index (χ0) is 19.3. The fourth-order valence-electron chi connectivity index (χ4n) is 3.43. The van der Waals surface area contributed by atoms with E-state index >= 15 is 0 Å². The molecule has 0 radical (unpaired) electrons. The van der Waals surface area contributed by atoms with Gasteiger partial charge in [-0.1, -0.05) is 19.3 Å². The Morgan fingerprint density at radius 2 is 1.96 bits per heavy atom. The summed E-state index contributed by atoms with van der Waals surface area (Å²) in [7, 11) is 1.90. The molecule has 1 saturated carbocycles. The highest BCUT2D eigenvalue weighted by Crippen LogP contribution is 2.30. The van der Waals surface area contributed by atoms with Crippen LogP contribution in [0.4, 0.5) is 17.5 Å². The molecule has 0 spiro atoms. The molecular formula is C20H22N8. The van der Waals surface area contributed by atoms with E-state index in [2.05, 4.69) is 25.7 Å². The lowest BCUT2D eigenvalue weighted by Crippen LogP contribution is -2.23. The minimum atomic E-state index is 0.373. The van der Waals surface area contributed by atoms with E-state index in [9.17, 15) is 0 Å². The third kappa shape index (κ3) is 4.09. The van der Waals surface area contributed by atoms with Gasteiger partial charge in [-0.25, -0.2) is 9.97 Å². The smallest absolute Gasteiger partial charge is 0.229 e. The summed E-state index contributed by atoms with van der Waals surface area (Å²) in [6.07, 6.45) is 13.3. The normalized spacial score (nSPS) is 14.4. The Bertz CT molecular complexity index is 980. The van der Waals surface area contributed by atoms with Crippen LogP contribution in [0.5, 0.6) is 0 Å². The van der Waals surface area contributed by atoms with Crippen LogP contribution >= 0.6 is 0 Å². The molecule has 0 bridgehead atoms. The highest BCUT2D eigenvalue weighted by Gasteiger charge is 2.18. The number of rotatable bonds is 5. The molecule has 3 aromatic rings. The number of pyridine rings is 1. The molecule has 2 N–H and O–H groups in total. The van der Waals surface area contributed by atoms with Gasteiger partial charge in [-0.3, -0.25) is 4.68 Å². The van der Waals surface area contributed by atoms with E-state index in [1.165, 1.54) is 19.3 Å². The second-order valence-corrected chi connectivity index (χ2v) is 7.01. The first-order valence-corrected chi connectivity index (χ1v) is 9.47. The Balaban J connectivity index is 1.62. The highest BCUT2D eigenvalue weighted by atomic mass is 15.2. The number of anilines is 3. The van der Waals surface area contributed by atoms with Crippen molar-refractivity contribution in [2.45, 2.75) is 38.1 Å². The van der Waals surface area contributed by atoms with Crippen LogP contribution in [0, 0.1) is 11.3 Å². The van der Waals surface area contributed by atoms with Gasteiger partial charge in [-0.05, 0) is 25.0 Å². The van der Waals surface area contributed by atoms with E-state index in [1.54, 1.807) is 23.0 Å². The van der Waals surface area contributed by atoms with E-state index in [1.807, 2.05) is 31.7 Å². The average Bonchev–Trinajstić information content (AvgIpc) is 3.16. The van der Waals surface area contributed by atoms with Gasteiger partial charge in [-0.2, -0.15) is 15.3 Å². The van der Waals surface area contributed by atoms with Crippen LogP contribution in [0.15, 0.2) is 36.9 Å². The summed E-state index contributed by atoms with van der Waals surface area (Å²) in [4.78, 5) is 13.3. The van der Waals surface area contributed by atoms with E-state index < -0.39 is 0 Å². The molecule has 0 atom stereocenters. The Morgan fingerprint density at radius 3 is 2.64 bits per heavy atom. The Kier molecular flexibility index (Phi) is 5.15. The number of hydrogen-bond donors (Lipinski definition) is 2. The zero-order valence-electron chi connectivity index (χ0n) is 15.8. The Morgan fingerprint density at radius 1 is 1.11 bits per heavy atom. The number of nitrogens with zero attached hydrogens (tertiary/aromatic N) is 6. The molecule has 28 heavy (non-hydrogen) atoms. The second-order valence-electron chi connectivity index (χ2n) is 7.01. The molecule has 4 rings (SSSR count). The molecule has 3 aromatic heterocycles. The summed E-state index contributed by atoms with van der Waals surface area (Å²) in [5.41, 5.74) is 3.02. The van der Waals surface area contributed by atoms with Gasteiger partial charge in [0.15, 0.2) is 0 Å². The fourth-order valence-corrected chi connectivity index (χ4v) is 3.43. The van der Waals surface area contributed by atoms with Crippen LogP contribution in [0.3, 0.4) is 0 Å². The van der Waals surface area contributed by atoms with Gasteiger partial charge in [-0.15, -0.1) is 0 Å². The lowest BCUT2D eigenvalue weighted by Gasteiger charge is -2.24. The molecule has 0 aromatic carbocycles. The summed E-state index contributed by atoms with van der Waals surface area (Å²) in [5, 5.41) is 19.9. The lowest BCUT2D eigenvalue weighted by molar-refractivity contribution is 0.462. The average molecular weight is 374 g/mol. The van der Waals surface area contributed by atoms with Crippen molar-refractivity contribution < 1.29 is 0 Å². The van der Waals surface area contributed by atoms with Crippen LogP contribution in [-0.2, 0) is 7.05 Å². The van der Waals surface area contributed by atoms with E-state index in [4.69, 9.17) is 10.2 Å². The van der Waals surface area contributed by atoms with Gasteiger partial charge < -0.3 is 10.6 Å². The van der Waals surface area contributed by atoms with Crippen molar-refractivity contribution in [3.8, 4) is 17.2 Å². The number of hydrogen-bond acceptors (Lipinski definition) is 7. The number of aryl methyl sites for hydroxylation is 1. The first kappa shape index (κ1) is 17.9. The number of aromatic nitrogens is 5. The maximum atomic E-state index is 8.88. The monoisotopic (exact) mass is 374 g/mol. The minimum Gasteiger partial charge on any atom is -0.367 e. The largest absolute Gasteiger partial charge is 0.367 e. The van der Waals surface area contributed by atoms with Crippen molar-refractivity contribution in [2.75, 3.05) is 10.6 Å². The molecule has 0 aliphatic heterocycles. The maximum absolute atomic E-state index is 8.88. The molecule has 8 nitrogen and oxygen atoms in total. The summed E-state index contributed by atoms with van der Waals surface area (Å²) < 4.78 is 1.77. The van der Waals surface area contributed by atoms with Gasteiger partial charge in [0.1, 0.15) is 17.6 Å². The SMILES string of the molecule is Cn1cc(-c2cnc(Nc3ccc(C#N)nc3)nc2NC2CCCCC2)cn1. The summed E-state index contributed by atoms with van der Waals surface area (Å²) >= 11 is 0. The number of nitrogens with one attached hydrogen (secondary N) is 2. The summed E-state index contributed by atoms with van der Waals surface area (Å²) in [6, 6.07) is 5.88. The van der Waals surface area contributed by atoms with Gasteiger partial charge in [0.05, 0.1) is 18.1 Å². The van der Waals surface area contributed by atoms with Crippen molar-refractivity contribution in [1.29, 1.82) is 5.26 Å². The highest BCUT2D eigenvalue weighted by molar-refractivity contribution is 5.75. The fraction of sp³-hybridized carbons (Fsp3) is 0.350. The van der Waals surface area contributed by atoms with Crippen LogP contribution in [0.25, 0.3) is 11.1 Å². The van der Waals surface area contributed by atoms with Crippen molar-refractivity contribution in [1.82, 2.24) is 24.7 Å². The Hall–Kier alpha value is -3.47. The van der Waals surface area contributed by atoms with Crippen molar-refractivity contribution in [3.63, 3.8) is 0 Å². The second kappa shape index (κ2) is 8.05. The predicted molar refractivity (Wildman–Crippen MR) is 107 cm³/mol. The van der Waals surface area contributed by atoms with Crippen LogP contribution in [-0.4, -0.2) is 30.8 Å². The topological polar surface area (TPSA) is 104 Å². The molecule has 1 aliphatic rings. The van der Waals surface area contributed by atoms with Gasteiger partial charge >= 0.3 is 0 Å². The summed E-state index contributed by atoms with van der Waals surface area (Å²) in [6.45, 7) is 0. The minimum absolute atomic E-state index is 0.373. The lowest BCUT2D eigenvalue weighted by atomic mass is 9.95. The van der Waals surface area contributed by atoms with Crippen molar-refractivity contribution >= 4 is 17.5 Å². The van der Waals surface area contributed by atoms with Crippen molar-refractivity contribution in [3.05, 3.63) is 42.6 Å². The summed E-state index contributed by atoms with van der Waals surface area (Å²) in [5.74, 6) is 1.29. The molecular weight excluding hydrogens is 352 g/mol. The van der Waals surface area contributed by atoms with Crippen LogP contribution < -0.4 is 10.6 Å². The molecule has 0 unspecified atom stereocenters. The van der Waals surface area contributed by atoms with Gasteiger partial charge in [0.25, 0.3) is 0 Å². The molecule has 3 heterocycles. The third-order valence-corrected chi connectivity index (χ3v) is 4.88. The van der Waals surface area contributed by atoms with E-state index in [0.717, 1.165) is 35.5 Å². The van der Waals surface area contributed by atoms with Gasteiger partial charge in [0.2, 0.25) is 5.95 Å². The maximum Gasteiger partial charge on any atom is 0.229 e. The molecule has 142 valence electrons. The molecule has 0 saturated heterocycles. The molecule has 1 aliphatic carbocycles. The van der Waals surface area contributed by atoms with Crippen LogP contribution in [0.2, 0.25) is 0 Å². The first-order chi connectivity index (χ1) is 13.7. The standard InChI is InChI=1S/C20H22N8/c1-28-13-14(10-24-28)18-12-23-20(26-17-8-7-16(9-21)22-11-17)27-19(18)25-15-5-3-2-4-6-15/h7-8,10-13,15H,2-6H2,1H3,(H2,23,25,26,27). The van der Waals surface area contributed by atoms with E-state index in [0.29, 0.717) is 17.7 Å². The zero-order valence-corrected chi connectivity index (χ0v) is 15.8. The quantitative estimate of drug-likeness (QED) is 0.702. The predicted octanol–water partition coefficient (Wildman–Crippen LogP) is 3.63. The Labute approximate surface area is 163 Å². The molecule has 0 amide bonds. The molecule has 8 heteroatoms. The van der Waals surface area contributed by atoms with Crippen LogP contribution in [0.1, 0.15) is 37.8 Å². The third-order valence-electron chi connectivity index (χ3n) is 4.88. The van der Waals surface area contributed by atoms with E-state index in [-0.39, 0.29) is 0 Å². The first-order valence-electron chi connectivity index (χ1n) is 9.47. The molecule has 1 fully saturated rings. The number of nitriles is 1.